The number of halogens is 1. The van der Waals surface area contributed by atoms with Gasteiger partial charge >= 0.3 is 0 Å². The van der Waals surface area contributed by atoms with Gasteiger partial charge in [-0.15, -0.1) is 10.2 Å². The lowest BCUT2D eigenvalue weighted by Gasteiger charge is -2.20. The number of amides is 1. The topological polar surface area (TPSA) is 102 Å². The molecule has 0 atom stereocenters. The molecule has 4 rings (SSSR count). The third kappa shape index (κ3) is 3.94. The molecule has 1 heterocycles. The van der Waals surface area contributed by atoms with Gasteiger partial charge in [-0.1, -0.05) is 22.0 Å². The quantitative estimate of drug-likeness (QED) is 0.418. The van der Waals surface area contributed by atoms with Gasteiger partial charge in [-0.05, 0) is 43.2 Å². The van der Waals surface area contributed by atoms with Gasteiger partial charge in [0.25, 0.3) is 11.6 Å². The van der Waals surface area contributed by atoms with Crippen molar-refractivity contribution in [3.8, 4) is 11.5 Å². The molecule has 0 bridgehead atoms. The van der Waals surface area contributed by atoms with Crippen LogP contribution in [0.2, 0.25) is 0 Å². The fourth-order valence-electron chi connectivity index (χ4n) is 2.84. The molecule has 0 saturated heterocycles. The number of rotatable bonds is 6. The summed E-state index contributed by atoms with van der Waals surface area (Å²) in [5.74, 6) is 0.384. The number of non-ortho nitro benzene ring substituents is 1. The molecule has 2 aromatic carbocycles. The van der Waals surface area contributed by atoms with Crippen molar-refractivity contribution in [1.82, 2.24) is 15.1 Å². The van der Waals surface area contributed by atoms with Gasteiger partial charge in [-0.25, -0.2) is 0 Å². The molecule has 0 radical (unpaired) electrons. The van der Waals surface area contributed by atoms with E-state index in [0.717, 1.165) is 17.3 Å². The molecule has 0 unspecified atom stereocenters. The van der Waals surface area contributed by atoms with E-state index in [1.807, 2.05) is 12.1 Å². The summed E-state index contributed by atoms with van der Waals surface area (Å²) < 4.78 is 6.58. The summed E-state index contributed by atoms with van der Waals surface area (Å²) in [6.45, 7) is 0.196. The Morgan fingerprint density at radius 3 is 2.64 bits per heavy atom. The monoisotopic (exact) mass is 442 g/mol. The van der Waals surface area contributed by atoms with Gasteiger partial charge in [0.2, 0.25) is 11.8 Å². The largest absolute Gasteiger partial charge is 0.419 e. The first kappa shape index (κ1) is 18.3. The van der Waals surface area contributed by atoms with E-state index >= 15 is 0 Å². The normalized spacial score (nSPS) is 13.3. The maximum absolute atomic E-state index is 12.9. The zero-order valence-corrected chi connectivity index (χ0v) is 16.2. The third-order valence-electron chi connectivity index (χ3n) is 4.42. The number of carbonyl (C=O) groups is 1. The Labute approximate surface area is 168 Å². The van der Waals surface area contributed by atoms with Gasteiger partial charge in [0.05, 0.1) is 11.5 Å². The molecule has 8 nitrogen and oxygen atoms in total. The van der Waals surface area contributed by atoms with Gasteiger partial charge in [-0.2, -0.15) is 0 Å². The van der Waals surface area contributed by atoms with Crippen molar-refractivity contribution >= 4 is 27.5 Å². The summed E-state index contributed by atoms with van der Waals surface area (Å²) in [4.78, 5) is 25.1. The highest BCUT2D eigenvalue weighted by Crippen LogP contribution is 2.30. The average Bonchev–Trinajstić information content (AvgIpc) is 3.44. The van der Waals surface area contributed by atoms with Gasteiger partial charge in [0.1, 0.15) is 0 Å². The molecule has 28 heavy (non-hydrogen) atoms. The van der Waals surface area contributed by atoms with Gasteiger partial charge < -0.3 is 9.32 Å². The lowest BCUT2D eigenvalue weighted by Crippen LogP contribution is -2.32. The highest BCUT2D eigenvalue weighted by molar-refractivity contribution is 9.10. The Morgan fingerprint density at radius 2 is 1.96 bits per heavy atom. The lowest BCUT2D eigenvalue weighted by molar-refractivity contribution is -0.384. The summed E-state index contributed by atoms with van der Waals surface area (Å²) in [5, 5.41) is 18.9. The molecular weight excluding hydrogens is 428 g/mol. The Kier molecular flexibility index (Phi) is 4.91. The van der Waals surface area contributed by atoms with Crippen LogP contribution in [0.5, 0.6) is 0 Å². The van der Waals surface area contributed by atoms with Crippen LogP contribution in [0.15, 0.2) is 57.4 Å². The molecule has 1 aliphatic rings. The van der Waals surface area contributed by atoms with Crippen LogP contribution in [0, 0.1) is 10.1 Å². The summed E-state index contributed by atoms with van der Waals surface area (Å²) in [6.07, 6.45) is 1.88. The minimum Gasteiger partial charge on any atom is -0.419 e. The maximum atomic E-state index is 12.9. The van der Waals surface area contributed by atoms with E-state index in [0.29, 0.717) is 17.0 Å². The number of aromatic nitrogens is 2. The summed E-state index contributed by atoms with van der Waals surface area (Å²) in [7, 11) is 0. The van der Waals surface area contributed by atoms with Crippen molar-refractivity contribution in [2.75, 3.05) is 0 Å². The van der Waals surface area contributed by atoms with E-state index in [1.54, 1.807) is 29.2 Å². The van der Waals surface area contributed by atoms with Crippen molar-refractivity contribution < 1.29 is 14.1 Å². The number of hydrogen-bond donors (Lipinski definition) is 0. The Bertz CT molecular complexity index is 1030. The van der Waals surface area contributed by atoms with E-state index in [2.05, 4.69) is 26.1 Å². The van der Waals surface area contributed by atoms with Crippen LogP contribution >= 0.6 is 15.9 Å². The van der Waals surface area contributed by atoms with Crippen molar-refractivity contribution in [3.63, 3.8) is 0 Å². The highest BCUT2D eigenvalue weighted by atomic mass is 79.9. The van der Waals surface area contributed by atoms with Crippen molar-refractivity contribution in [3.05, 3.63) is 74.6 Å². The fourth-order valence-corrected chi connectivity index (χ4v) is 3.11. The summed E-state index contributed by atoms with van der Waals surface area (Å²) in [6, 6.07) is 13.3. The first-order chi connectivity index (χ1) is 13.5. The van der Waals surface area contributed by atoms with Crippen LogP contribution < -0.4 is 0 Å². The molecule has 1 saturated carbocycles. The van der Waals surface area contributed by atoms with Gasteiger partial charge in [-0.3, -0.25) is 14.9 Å². The van der Waals surface area contributed by atoms with Crippen LogP contribution in [-0.2, 0) is 6.54 Å². The minimum atomic E-state index is -0.480. The fraction of sp³-hybridized carbons (Fsp3) is 0.211. The average molecular weight is 443 g/mol. The van der Waals surface area contributed by atoms with E-state index in [1.165, 1.54) is 12.1 Å². The van der Waals surface area contributed by atoms with E-state index in [4.69, 9.17) is 4.42 Å². The molecule has 0 aliphatic heterocycles. The molecule has 0 spiro atoms. The van der Waals surface area contributed by atoms with Crippen molar-refractivity contribution in [2.45, 2.75) is 25.4 Å². The number of hydrogen-bond acceptors (Lipinski definition) is 6. The van der Waals surface area contributed by atoms with Gasteiger partial charge in [0.15, 0.2) is 0 Å². The number of nitro groups is 1. The van der Waals surface area contributed by atoms with Crippen molar-refractivity contribution in [2.24, 2.45) is 0 Å². The predicted octanol–water partition coefficient (Wildman–Crippen LogP) is 4.21. The standard InChI is InChI=1S/C19H15BrN4O4/c20-14-6-4-12(5-7-14)19(25)23(15-8-9-15)11-17-21-22-18(28-17)13-2-1-3-16(10-13)24(26)27/h1-7,10,15H,8-9,11H2. The smallest absolute Gasteiger partial charge is 0.270 e. The first-order valence-corrected chi connectivity index (χ1v) is 9.44. The number of nitro benzene ring substituents is 1. The number of carbonyl (C=O) groups excluding carboxylic acids is 1. The van der Waals surface area contributed by atoms with Crippen molar-refractivity contribution in [1.29, 1.82) is 0 Å². The van der Waals surface area contributed by atoms with E-state index < -0.39 is 4.92 Å². The molecule has 9 heteroatoms. The van der Waals surface area contributed by atoms with Gasteiger partial charge in [0, 0.05) is 33.8 Å². The zero-order valence-electron chi connectivity index (χ0n) is 14.6. The Hall–Kier alpha value is -3.07. The predicted molar refractivity (Wildman–Crippen MR) is 103 cm³/mol. The van der Waals surface area contributed by atoms with Crippen LogP contribution in [0.1, 0.15) is 29.1 Å². The number of benzene rings is 2. The molecule has 142 valence electrons. The van der Waals surface area contributed by atoms with E-state index in [9.17, 15) is 14.9 Å². The van der Waals surface area contributed by atoms with Crippen LogP contribution in [0.4, 0.5) is 5.69 Å². The van der Waals surface area contributed by atoms with E-state index in [-0.39, 0.29) is 30.1 Å². The molecule has 1 aliphatic carbocycles. The van der Waals surface area contributed by atoms with Crippen LogP contribution in [0.25, 0.3) is 11.5 Å². The molecule has 3 aromatic rings. The second-order valence-corrected chi connectivity index (χ2v) is 7.40. The second-order valence-electron chi connectivity index (χ2n) is 6.48. The van der Waals surface area contributed by atoms with Crippen LogP contribution in [-0.4, -0.2) is 32.0 Å². The Balaban J connectivity index is 1.54. The second kappa shape index (κ2) is 7.51. The molecule has 1 amide bonds. The summed E-state index contributed by atoms with van der Waals surface area (Å²) >= 11 is 3.37. The summed E-state index contributed by atoms with van der Waals surface area (Å²) in [5.41, 5.74) is 1.00. The highest BCUT2D eigenvalue weighted by Gasteiger charge is 2.34. The maximum Gasteiger partial charge on any atom is 0.270 e. The molecule has 1 fully saturated rings. The molecule has 0 N–H and O–H groups in total. The zero-order chi connectivity index (χ0) is 19.7. The minimum absolute atomic E-state index is 0.0535. The third-order valence-corrected chi connectivity index (χ3v) is 4.94. The molecule has 1 aromatic heterocycles. The Morgan fingerprint density at radius 1 is 1.21 bits per heavy atom. The first-order valence-electron chi connectivity index (χ1n) is 8.65. The molecular formula is C19H15BrN4O4. The SMILES string of the molecule is O=C(c1ccc(Br)cc1)N(Cc1nnc(-c2cccc([N+](=O)[O-])c2)o1)C1CC1. The van der Waals surface area contributed by atoms with Crippen LogP contribution in [0.3, 0.4) is 0 Å². The lowest BCUT2D eigenvalue weighted by atomic mass is 10.2. The number of nitrogens with zero attached hydrogens (tertiary/aromatic N) is 4.